The highest BCUT2D eigenvalue weighted by molar-refractivity contribution is 9.10. The van der Waals surface area contributed by atoms with Crippen LogP contribution >= 0.6 is 27.7 Å². The summed E-state index contributed by atoms with van der Waals surface area (Å²) in [5.41, 5.74) is 1.58. The number of aromatic nitrogens is 2. The molecule has 0 aliphatic rings. The van der Waals surface area contributed by atoms with E-state index >= 15 is 0 Å². The summed E-state index contributed by atoms with van der Waals surface area (Å²) in [4.78, 5) is 12.3. The first kappa shape index (κ1) is 16.7. The van der Waals surface area contributed by atoms with Gasteiger partial charge in [0, 0.05) is 15.7 Å². The molecule has 0 radical (unpaired) electrons. The fraction of sp³-hybridized carbons (Fsp3) is 0.118. The Balaban J connectivity index is 1.63. The van der Waals surface area contributed by atoms with E-state index < -0.39 is 0 Å². The van der Waals surface area contributed by atoms with E-state index in [1.807, 2.05) is 54.6 Å². The van der Waals surface area contributed by atoms with Crippen LogP contribution in [0.25, 0.3) is 11.5 Å². The van der Waals surface area contributed by atoms with Gasteiger partial charge in [-0.1, -0.05) is 52.0 Å². The van der Waals surface area contributed by atoms with Gasteiger partial charge in [0.05, 0.1) is 5.25 Å². The third-order valence-electron chi connectivity index (χ3n) is 3.17. The number of carbonyl (C=O) groups excluding carboxylic acids is 1. The minimum Gasteiger partial charge on any atom is -0.411 e. The standard InChI is InChI=1S/C17H14BrN3O2S/c1-11(15(22)19-14-9-5-8-13(18)10-14)24-17-21-20-16(23-17)12-6-3-2-4-7-12/h2-11H,1H3,(H,19,22)/t11-/m1/s1. The average molecular weight is 404 g/mol. The first-order valence-electron chi connectivity index (χ1n) is 7.24. The van der Waals surface area contributed by atoms with Gasteiger partial charge in [0.2, 0.25) is 11.8 Å². The van der Waals surface area contributed by atoms with Crippen molar-refractivity contribution in [1.82, 2.24) is 10.2 Å². The zero-order valence-corrected chi connectivity index (χ0v) is 15.2. The third-order valence-corrected chi connectivity index (χ3v) is 4.59. The maximum Gasteiger partial charge on any atom is 0.277 e. The summed E-state index contributed by atoms with van der Waals surface area (Å²) >= 11 is 4.60. The highest BCUT2D eigenvalue weighted by atomic mass is 79.9. The number of halogens is 1. The topological polar surface area (TPSA) is 68.0 Å². The summed E-state index contributed by atoms with van der Waals surface area (Å²) in [5, 5.41) is 10.9. The Kier molecular flexibility index (Phi) is 5.32. The molecule has 7 heteroatoms. The van der Waals surface area contributed by atoms with E-state index in [1.54, 1.807) is 6.92 Å². The van der Waals surface area contributed by atoms with Crippen LogP contribution in [-0.2, 0) is 4.79 Å². The Morgan fingerprint density at radius 1 is 1.17 bits per heavy atom. The number of amides is 1. The molecular weight excluding hydrogens is 390 g/mol. The second-order valence-electron chi connectivity index (χ2n) is 5.00. The summed E-state index contributed by atoms with van der Waals surface area (Å²) in [6.45, 7) is 1.80. The van der Waals surface area contributed by atoms with Gasteiger partial charge in [-0.05, 0) is 37.3 Å². The largest absolute Gasteiger partial charge is 0.411 e. The third kappa shape index (κ3) is 4.24. The summed E-state index contributed by atoms with van der Waals surface area (Å²) in [5.74, 6) is 0.315. The average Bonchev–Trinajstić information content (AvgIpc) is 3.04. The lowest BCUT2D eigenvalue weighted by Crippen LogP contribution is -2.22. The number of nitrogens with one attached hydrogen (secondary N) is 1. The maximum absolute atomic E-state index is 12.3. The molecule has 0 spiro atoms. The number of thioether (sulfide) groups is 1. The Morgan fingerprint density at radius 3 is 2.71 bits per heavy atom. The van der Waals surface area contributed by atoms with E-state index in [2.05, 4.69) is 31.4 Å². The first-order chi connectivity index (χ1) is 11.6. The smallest absolute Gasteiger partial charge is 0.277 e. The monoisotopic (exact) mass is 403 g/mol. The van der Waals surface area contributed by atoms with Crippen molar-refractivity contribution in [3.63, 3.8) is 0 Å². The molecule has 0 aliphatic carbocycles. The lowest BCUT2D eigenvalue weighted by molar-refractivity contribution is -0.115. The molecule has 0 saturated carbocycles. The molecule has 24 heavy (non-hydrogen) atoms. The number of hydrogen-bond donors (Lipinski definition) is 1. The highest BCUT2D eigenvalue weighted by Crippen LogP contribution is 2.26. The van der Waals surface area contributed by atoms with E-state index in [-0.39, 0.29) is 11.2 Å². The van der Waals surface area contributed by atoms with Gasteiger partial charge in [0.15, 0.2) is 0 Å². The van der Waals surface area contributed by atoms with Gasteiger partial charge in [-0.15, -0.1) is 10.2 Å². The molecule has 122 valence electrons. The van der Waals surface area contributed by atoms with E-state index in [0.717, 1.165) is 15.7 Å². The van der Waals surface area contributed by atoms with Crippen molar-refractivity contribution in [2.24, 2.45) is 0 Å². The van der Waals surface area contributed by atoms with Crippen molar-refractivity contribution in [3.05, 3.63) is 59.1 Å². The highest BCUT2D eigenvalue weighted by Gasteiger charge is 2.19. The van der Waals surface area contributed by atoms with Crippen molar-refractivity contribution in [3.8, 4) is 11.5 Å². The molecule has 0 aliphatic heterocycles. The van der Waals surface area contributed by atoms with Crippen molar-refractivity contribution in [2.75, 3.05) is 5.32 Å². The van der Waals surface area contributed by atoms with Crippen LogP contribution in [0.2, 0.25) is 0 Å². The number of nitrogens with zero attached hydrogens (tertiary/aromatic N) is 2. The Morgan fingerprint density at radius 2 is 1.96 bits per heavy atom. The Labute approximate surface area is 152 Å². The van der Waals surface area contributed by atoms with Crippen LogP contribution in [0.1, 0.15) is 6.92 Å². The van der Waals surface area contributed by atoms with Crippen LogP contribution in [0.15, 0.2) is 68.7 Å². The minimum absolute atomic E-state index is 0.127. The van der Waals surface area contributed by atoms with Crippen LogP contribution in [-0.4, -0.2) is 21.4 Å². The quantitative estimate of drug-likeness (QED) is 0.629. The normalized spacial score (nSPS) is 11.9. The van der Waals surface area contributed by atoms with E-state index in [0.29, 0.717) is 11.1 Å². The minimum atomic E-state index is -0.368. The zero-order valence-electron chi connectivity index (χ0n) is 12.8. The molecular formula is C17H14BrN3O2S. The lowest BCUT2D eigenvalue weighted by Gasteiger charge is -2.10. The van der Waals surface area contributed by atoms with Crippen LogP contribution in [0, 0.1) is 0 Å². The molecule has 3 rings (SSSR count). The van der Waals surface area contributed by atoms with Crippen LogP contribution < -0.4 is 5.32 Å². The second kappa shape index (κ2) is 7.63. The molecule has 1 amide bonds. The summed E-state index contributed by atoms with van der Waals surface area (Å²) in [6, 6.07) is 17.0. The van der Waals surface area contributed by atoms with Gasteiger partial charge in [-0.2, -0.15) is 0 Å². The van der Waals surface area contributed by atoms with E-state index in [1.165, 1.54) is 11.8 Å². The van der Waals surface area contributed by atoms with Gasteiger partial charge >= 0.3 is 0 Å². The first-order valence-corrected chi connectivity index (χ1v) is 8.91. The number of hydrogen-bond acceptors (Lipinski definition) is 5. The molecule has 0 bridgehead atoms. The number of rotatable bonds is 5. The predicted molar refractivity (Wildman–Crippen MR) is 97.8 cm³/mol. The molecule has 3 aromatic rings. The predicted octanol–water partition coefficient (Wildman–Crippen LogP) is 4.62. The van der Waals surface area contributed by atoms with Crippen molar-refractivity contribution < 1.29 is 9.21 Å². The van der Waals surface area contributed by atoms with Crippen molar-refractivity contribution in [1.29, 1.82) is 0 Å². The molecule has 2 aromatic carbocycles. The summed E-state index contributed by atoms with van der Waals surface area (Å²) in [6.07, 6.45) is 0. The maximum atomic E-state index is 12.3. The fourth-order valence-corrected chi connectivity index (χ4v) is 3.05. The Hall–Kier alpha value is -2.12. The number of benzene rings is 2. The van der Waals surface area contributed by atoms with E-state index in [9.17, 15) is 4.79 Å². The van der Waals surface area contributed by atoms with Gasteiger partial charge in [-0.3, -0.25) is 4.79 Å². The van der Waals surface area contributed by atoms with E-state index in [4.69, 9.17) is 4.42 Å². The van der Waals surface area contributed by atoms with Gasteiger partial charge in [-0.25, -0.2) is 0 Å². The van der Waals surface area contributed by atoms with Crippen molar-refractivity contribution >= 4 is 39.3 Å². The SMILES string of the molecule is C[C@@H](Sc1nnc(-c2ccccc2)o1)C(=O)Nc1cccc(Br)c1. The molecule has 1 heterocycles. The molecule has 0 saturated heterocycles. The molecule has 1 aromatic heterocycles. The molecule has 1 atom stereocenters. The van der Waals surface area contributed by atoms with Crippen LogP contribution in [0.5, 0.6) is 0 Å². The summed E-state index contributed by atoms with van der Waals surface area (Å²) < 4.78 is 6.52. The Bertz CT molecular complexity index is 839. The number of carbonyl (C=O) groups is 1. The molecule has 0 unspecified atom stereocenters. The van der Waals surface area contributed by atoms with Gasteiger partial charge < -0.3 is 9.73 Å². The molecule has 5 nitrogen and oxygen atoms in total. The van der Waals surface area contributed by atoms with Gasteiger partial charge in [0.1, 0.15) is 0 Å². The van der Waals surface area contributed by atoms with Crippen LogP contribution in [0.4, 0.5) is 5.69 Å². The zero-order chi connectivity index (χ0) is 16.9. The van der Waals surface area contributed by atoms with Crippen molar-refractivity contribution in [2.45, 2.75) is 17.4 Å². The fourth-order valence-electron chi connectivity index (χ4n) is 1.97. The summed E-state index contributed by atoms with van der Waals surface area (Å²) in [7, 11) is 0. The van der Waals surface area contributed by atoms with Gasteiger partial charge in [0.25, 0.3) is 5.22 Å². The lowest BCUT2D eigenvalue weighted by atomic mass is 10.2. The number of anilines is 1. The molecule has 0 fully saturated rings. The second-order valence-corrected chi connectivity index (χ2v) is 7.21. The molecule has 1 N–H and O–H groups in total. The van der Waals surface area contributed by atoms with Crippen LogP contribution in [0.3, 0.4) is 0 Å².